The molecule has 1 N–H and O–H groups in total. The van der Waals surface area contributed by atoms with E-state index in [-0.39, 0.29) is 11.9 Å². The molecule has 5 heteroatoms. The summed E-state index contributed by atoms with van der Waals surface area (Å²) in [6.45, 7) is 2.01. The molecule has 0 fully saturated rings. The van der Waals surface area contributed by atoms with Crippen LogP contribution in [0.3, 0.4) is 0 Å². The van der Waals surface area contributed by atoms with Crippen molar-refractivity contribution in [3.63, 3.8) is 0 Å². The summed E-state index contributed by atoms with van der Waals surface area (Å²) in [7, 11) is 1.50. The molecular weight excluding hydrogens is 254 g/mol. The van der Waals surface area contributed by atoms with Gasteiger partial charge in [0.2, 0.25) is 5.88 Å². The van der Waals surface area contributed by atoms with Gasteiger partial charge in [-0.05, 0) is 30.2 Å². The summed E-state index contributed by atoms with van der Waals surface area (Å²) in [6, 6.07) is 7.12. The first-order valence-electron chi connectivity index (χ1n) is 6.46. The van der Waals surface area contributed by atoms with Crippen molar-refractivity contribution in [2.24, 2.45) is 0 Å². The van der Waals surface area contributed by atoms with Crippen molar-refractivity contribution in [1.82, 2.24) is 15.3 Å². The lowest BCUT2D eigenvalue weighted by Gasteiger charge is -2.17. The lowest BCUT2D eigenvalue weighted by atomic mass is 10.1. The number of rotatable bonds is 5. The van der Waals surface area contributed by atoms with E-state index < -0.39 is 0 Å². The monoisotopic (exact) mass is 271 g/mol. The molecule has 2 heterocycles. The Kier molecular flexibility index (Phi) is 4.65. The van der Waals surface area contributed by atoms with Crippen LogP contribution in [-0.4, -0.2) is 23.0 Å². The highest BCUT2D eigenvalue weighted by Crippen LogP contribution is 2.18. The highest BCUT2D eigenvalue weighted by atomic mass is 16.5. The second-order valence-electron chi connectivity index (χ2n) is 4.28. The molecule has 0 radical (unpaired) electrons. The van der Waals surface area contributed by atoms with Gasteiger partial charge in [0.15, 0.2) is 0 Å². The average Bonchev–Trinajstić information content (AvgIpc) is 2.53. The van der Waals surface area contributed by atoms with E-state index in [1.165, 1.54) is 7.11 Å². The predicted octanol–water partition coefficient (Wildman–Crippen LogP) is 2.37. The van der Waals surface area contributed by atoms with Gasteiger partial charge >= 0.3 is 0 Å². The van der Waals surface area contributed by atoms with Crippen molar-refractivity contribution in [1.29, 1.82) is 0 Å². The van der Waals surface area contributed by atoms with Crippen LogP contribution < -0.4 is 10.1 Å². The number of amides is 1. The minimum absolute atomic E-state index is 0.0823. The smallest absolute Gasteiger partial charge is 0.257 e. The van der Waals surface area contributed by atoms with Crippen molar-refractivity contribution >= 4 is 5.91 Å². The highest BCUT2D eigenvalue weighted by Gasteiger charge is 2.17. The van der Waals surface area contributed by atoms with Crippen molar-refractivity contribution in [3.05, 3.63) is 54.0 Å². The molecule has 2 aromatic rings. The second kappa shape index (κ2) is 6.65. The summed E-state index contributed by atoms with van der Waals surface area (Å²) in [5.41, 5.74) is 1.41. The van der Waals surface area contributed by atoms with Crippen LogP contribution in [0.15, 0.2) is 42.9 Å². The van der Waals surface area contributed by atoms with Crippen LogP contribution in [0.4, 0.5) is 0 Å². The van der Waals surface area contributed by atoms with E-state index in [1.54, 1.807) is 30.7 Å². The zero-order valence-electron chi connectivity index (χ0n) is 11.5. The Labute approximate surface area is 118 Å². The van der Waals surface area contributed by atoms with Crippen molar-refractivity contribution in [2.45, 2.75) is 19.4 Å². The van der Waals surface area contributed by atoms with Gasteiger partial charge in [0.25, 0.3) is 5.91 Å². The number of nitrogens with one attached hydrogen (secondary N) is 1. The van der Waals surface area contributed by atoms with Crippen LogP contribution in [0, 0.1) is 0 Å². The maximum absolute atomic E-state index is 12.3. The normalized spacial score (nSPS) is 11.7. The molecule has 0 aliphatic heterocycles. The molecular formula is C15H17N3O2. The first-order valence-corrected chi connectivity index (χ1v) is 6.46. The average molecular weight is 271 g/mol. The van der Waals surface area contributed by atoms with Crippen LogP contribution in [0.2, 0.25) is 0 Å². The quantitative estimate of drug-likeness (QED) is 0.906. The topological polar surface area (TPSA) is 64.1 Å². The molecule has 0 spiro atoms. The SMILES string of the molecule is CCC(NC(=O)c1cccnc1OC)c1cccnc1. The number of hydrogen-bond donors (Lipinski definition) is 1. The third kappa shape index (κ3) is 3.12. The Bertz CT molecular complexity index is 572. The lowest BCUT2D eigenvalue weighted by molar-refractivity contribution is 0.0931. The fourth-order valence-electron chi connectivity index (χ4n) is 1.97. The summed E-state index contributed by atoms with van der Waals surface area (Å²) in [4.78, 5) is 20.4. The Hall–Kier alpha value is -2.43. The van der Waals surface area contributed by atoms with E-state index in [1.807, 2.05) is 19.1 Å². The molecule has 0 saturated heterocycles. The number of nitrogens with zero attached hydrogens (tertiary/aromatic N) is 2. The number of ether oxygens (including phenoxy) is 1. The molecule has 0 aliphatic rings. The molecule has 1 amide bonds. The van der Waals surface area contributed by atoms with Gasteiger partial charge in [0, 0.05) is 18.6 Å². The zero-order valence-corrected chi connectivity index (χ0v) is 11.5. The van der Waals surface area contributed by atoms with Crippen LogP contribution in [0.5, 0.6) is 5.88 Å². The maximum Gasteiger partial charge on any atom is 0.257 e. The molecule has 1 unspecified atom stereocenters. The third-order valence-corrected chi connectivity index (χ3v) is 3.01. The minimum Gasteiger partial charge on any atom is -0.480 e. The molecule has 5 nitrogen and oxygen atoms in total. The first-order chi connectivity index (χ1) is 9.76. The molecule has 2 rings (SSSR count). The third-order valence-electron chi connectivity index (χ3n) is 3.01. The summed E-state index contributed by atoms with van der Waals surface area (Å²) in [6.07, 6.45) is 5.84. The van der Waals surface area contributed by atoms with Crippen LogP contribution >= 0.6 is 0 Å². The van der Waals surface area contributed by atoms with E-state index >= 15 is 0 Å². The van der Waals surface area contributed by atoms with Gasteiger partial charge in [0.1, 0.15) is 5.56 Å². The maximum atomic E-state index is 12.3. The van der Waals surface area contributed by atoms with E-state index in [2.05, 4.69) is 15.3 Å². The molecule has 0 aromatic carbocycles. The number of hydrogen-bond acceptors (Lipinski definition) is 4. The molecule has 0 aliphatic carbocycles. The summed E-state index contributed by atoms with van der Waals surface area (Å²) in [5.74, 6) is 0.122. The first kappa shape index (κ1) is 14.0. The number of carbonyl (C=O) groups is 1. The van der Waals surface area contributed by atoms with E-state index in [4.69, 9.17) is 4.74 Å². The lowest BCUT2D eigenvalue weighted by Crippen LogP contribution is -2.28. The number of aromatic nitrogens is 2. The van der Waals surface area contributed by atoms with Crippen LogP contribution in [0.25, 0.3) is 0 Å². The van der Waals surface area contributed by atoms with E-state index in [0.29, 0.717) is 11.4 Å². The Morgan fingerprint density at radius 2 is 2.15 bits per heavy atom. The van der Waals surface area contributed by atoms with Gasteiger partial charge in [-0.15, -0.1) is 0 Å². The molecule has 1 atom stereocenters. The van der Waals surface area contributed by atoms with E-state index in [0.717, 1.165) is 12.0 Å². The predicted molar refractivity (Wildman–Crippen MR) is 75.5 cm³/mol. The number of carbonyl (C=O) groups excluding carboxylic acids is 1. The Balaban J connectivity index is 2.18. The summed E-state index contributed by atoms with van der Waals surface area (Å²) >= 11 is 0. The van der Waals surface area contributed by atoms with E-state index in [9.17, 15) is 4.79 Å². The Morgan fingerprint density at radius 3 is 2.80 bits per heavy atom. The summed E-state index contributed by atoms with van der Waals surface area (Å²) in [5, 5.41) is 2.98. The van der Waals surface area contributed by atoms with Gasteiger partial charge in [0.05, 0.1) is 13.2 Å². The molecule has 104 valence electrons. The summed E-state index contributed by atoms with van der Waals surface area (Å²) < 4.78 is 5.10. The second-order valence-corrected chi connectivity index (χ2v) is 4.28. The standard InChI is InChI=1S/C15H17N3O2/c1-3-13(11-6-4-8-16-10-11)18-14(19)12-7-5-9-17-15(12)20-2/h4-10,13H,3H2,1-2H3,(H,18,19). The molecule has 20 heavy (non-hydrogen) atoms. The van der Waals surface area contributed by atoms with Crippen molar-refractivity contribution in [3.8, 4) is 5.88 Å². The Morgan fingerprint density at radius 1 is 1.35 bits per heavy atom. The zero-order chi connectivity index (χ0) is 14.4. The van der Waals surface area contributed by atoms with Gasteiger partial charge in [-0.3, -0.25) is 9.78 Å². The number of pyridine rings is 2. The molecule has 2 aromatic heterocycles. The minimum atomic E-state index is -0.203. The molecule has 0 saturated carbocycles. The van der Waals surface area contributed by atoms with Gasteiger partial charge in [-0.1, -0.05) is 13.0 Å². The number of methoxy groups -OCH3 is 1. The van der Waals surface area contributed by atoms with Gasteiger partial charge in [-0.25, -0.2) is 4.98 Å². The van der Waals surface area contributed by atoms with Gasteiger partial charge < -0.3 is 10.1 Å². The molecule has 0 bridgehead atoms. The van der Waals surface area contributed by atoms with Crippen molar-refractivity contribution < 1.29 is 9.53 Å². The largest absolute Gasteiger partial charge is 0.480 e. The fourth-order valence-corrected chi connectivity index (χ4v) is 1.97. The van der Waals surface area contributed by atoms with Crippen LogP contribution in [0.1, 0.15) is 35.3 Å². The van der Waals surface area contributed by atoms with Gasteiger partial charge in [-0.2, -0.15) is 0 Å². The van der Waals surface area contributed by atoms with Crippen LogP contribution in [-0.2, 0) is 0 Å². The highest BCUT2D eigenvalue weighted by molar-refractivity contribution is 5.96. The van der Waals surface area contributed by atoms with Crippen molar-refractivity contribution in [2.75, 3.05) is 7.11 Å². The fraction of sp³-hybridized carbons (Fsp3) is 0.267.